The molecule has 7 nitrogen and oxygen atoms in total. The smallest absolute Gasteiger partial charge is 0.254 e. The lowest BCUT2D eigenvalue weighted by atomic mass is 10.00. The number of hydrogen-bond acceptors (Lipinski definition) is 6. The monoisotopic (exact) mass is 383 g/mol. The van der Waals surface area contributed by atoms with E-state index < -0.39 is 5.79 Å². The van der Waals surface area contributed by atoms with E-state index in [4.69, 9.17) is 23.7 Å². The van der Waals surface area contributed by atoms with E-state index in [0.29, 0.717) is 55.4 Å². The Hall–Kier alpha value is -2.93. The van der Waals surface area contributed by atoms with E-state index in [2.05, 4.69) is 0 Å². The Balaban J connectivity index is 1.29. The molecule has 0 aliphatic carbocycles. The molecule has 1 fully saturated rings. The summed E-state index contributed by atoms with van der Waals surface area (Å²) < 4.78 is 28.5. The molecule has 3 aliphatic heterocycles. The molecule has 7 heteroatoms. The van der Waals surface area contributed by atoms with E-state index in [9.17, 15) is 4.79 Å². The van der Waals surface area contributed by atoms with Crippen molar-refractivity contribution in [1.29, 1.82) is 0 Å². The van der Waals surface area contributed by atoms with Crippen LogP contribution in [0.4, 0.5) is 0 Å². The van der Waals surface area contributed by atoms with Crippen molar-refractivity contribution in [3.63, 3.8) is 0 Å². The molecule has 5 rings (SSSR count). The van der Waals surface area contributed by atoms with Crippen LogP contribution in [0.25, 0.3) is 0 Å². The lowest BCUT2D eigenvalue weighted by Crippen LogP contribution is -2.52. The van der Waals surface area contributed by atoms with Crippen molar-refractivity contribution >= 4 is 5.91 Å². The Morgan fingerprint density at radius 1 is 1.11 bits per heavy atom. The number of hydrogen-bond donors (Lipinski definition) is 0. The molecule has 1 spiro atoms. The number of benzene rings is 2. The van der Waals surface area contributed by atoms with Gasteiger partial charge in [0.05, 0.1) is 13.7 Å². The number of fused-ring (bicyclic) bond motifs is 2. The molecule has 0 unspecified atom stereocenters. The SMILES string of the molecule is COc1cccc2c1OC1(CCN(C(=O)c3ccc4c(c3)OCO4)CC1)OC2. The molecule has 0 atom stereocenters. The van der Waals surface area contributed by atoms with Crippen molar-refractivity contribution in [2.45, 2.75) is 25.2 Å². The van der Waals surface area contributed by atoms with Crippen LogP contribution < -0.4 is 18.9 Å². The molecule has 3 aliphatic rings. The van der Waals surface area contributed by atoms with Crippen LogP contribution in [0.3, 0.4) is 0 Å². The Morgan fingerprint density at radius 2 is 1.93 bits per heavy atom. The second-order valence-corrected chi connectivity index (χ2v) is 7.11. The van der Waals surface area contributed by atoms with Crippen molar-refractivity contribution in [3.8, 4) is 23.0 Å². The second-order valence-electron chi connectivity index (χ2n) is 7.11. The van der Waals surface area contributed by atoms with Crippen LogP contribution in [0.15, 0.2) is 36.4 Å². The van der Waals surface area contributed by atoms with Gasteiger partial charge in [-0.05, 0) is 24.3 Å². The number of para-hydroxylation sites is 1. The van der Waals surface area contributed by atoms with Gasteiger partial charge in [0.25, 0.3) is 5.91 Å². The first-order chi connectivity index (χ1) is 13.7. The molecular weight excluding hydrogens is 362 g/mol. The summed E-state index contributed by atoms with van der Waals surface area (Å²) in [6, 6.07) is 11.1. The fraction of sp³-hybridized carbons (Fsp3) is 0.381. The number of likely N-dealkylation sites (tertiary alicyclic amines) is 1. The van der Waals surface area contributed by atoms with E-state index in [-0.39, 0.29) is 12.7 Å². The number of carbonyl (C=O) groups excluding carboxylic acids is 1. The van der Waals surface area contributed by atoms with Gasteiger partial charge in [-0.25, -0.2) is 0 Å². The number of ether oxygens (including phenoxy) is 5. The summed E-state index contributed by atoms with van der Waals surface area (Å²) >= 11 is 0. The standard InChI is InChI=1S/C21H21NO6/c1-24-17-4-2-3-15-12-27-21(28-19(15)17)7-9-22(10-8-21)20(23)14-5-6-16-18(11-14)26-13-25-16/h2-6,11H,7-10,12-13H2,1H3. The van der Waals surface area contributed by atoms with Crippen molar-refractivity contribution in [2.75, 3.05) is 27.0 Å². The van der Waals surface area contributed by atoms with Gasteiger partial charge in [0, 0.05) is 37.1 Å². The van der Waals surface area contributed by atoms with Crippen LogP contribution in [0.2, 0.25) is 0 Å². The molecule has 0 radical (unpaired) electrons. The third-order valence-corrected chi connectivity index (χ3v) is 5.49. The molecule has 1 saturated heterocycles. The third kappa shape index (κ3) is 2.82. The average molecular weight is 383 g/mol. The number of methoxy groups -OCH3 is 1. The molecular formula is C21H21NO6. The summed E-state index contributed by atoms with van der Waals surface area (Å²) in [6.45, 7) is 1.77. The van der Waals surface area contributed by atoms with Crippen LogP contribution in [-0.2, 0) is 11.3 Å². The molecule has 28 heavy (non-hydrogen) atoms. The Kier molecular flexibility index (Phi) is 4.05. The van der Waals surface area contributed by atoms with Gasteiger partial charge in [0.1, 0.15) is 0 Å². The summed E-state index contributed by atoms with van der Waals surface area (Å²) in [5, 5.41) is 0. The highest BCUT2D eigenvalue weighted by atomic mass is 16.7. The highest BCUT2D eigenvalue weighted by Gasteiger charge is 2.43. The first kappa shape index (κ1) is 17.2. The van der Waals surface area contributed by atoms with Gasteiger partial charge in [-0.2, -0.15) is 0 Å². The first-order valence-electron chi connectivity index (χ1n) is 9.35. The van der Waals surface area contributed by atoms with Gasteiger partial charge in [-0.3, -0.25) is 4.79 Å². The number of piperidine rings is 1. The highest BCUT2D eigenvalue weighted by Crippen LogP contribution is 2.42. The molecule has 146 valence electrons. The van der Waals surface area contributed by atoms with E-state index in [1.807, 2.05) is 23.1 Å². The zero-order valence-electron chi connectivity index (χ0n) is 15.6. The maximum Gasteiger partial charge on any atom is 0.254 e. The fourth-order valence-electron chi connectivity index (χ4n) is 3.89. The quantitative estimate of drug-likeness (QED) is 0.794. The van der Waals surface area contributed by atoms with Crippen molar-refractivity contribution in [1.82, 2.24) is 4.90 Å². The predicted octanol–water partition coefficient (Wildman–Crippen LogP) is 2.97. The van der Waals surface area contributed by atoms with Crippen LogP contribution in [0.1, 0.15) is 28.8 Å². The van der Waals surface area contributed by atoms with Gasteiger partial charge in [-0.1, -0.05) is 12.1 Å². The van der Waals surface area contributed by atoms with Crippen LogP contribution in [0.5, 0.6) is 23.0 Å². The summed E-state index contributed by atoms with van der Waals surface area (Å²) in [5.74, 6) is 1.99. The fourth-order valence-corrected chi connectivity index (χ4v) is 3.89. The van der Waals surface area contributed by atoms with Gasteiger partial charge >= 0.3 is 0 Å². The van der Waals surface area contributed by atoms with Crippen LogP contribution in [-0.4, -0.2) is 43.6 Å². The zero-order chi connectivity index (χ0) is 19.1. The zero-order valence-corrected chi connectivity index (χ0v) is 15.6. The lowest BCUT2D eigenvalue weighted by molar-refractivity contribution is -0.226. The van der Waals surface area contributed by atoms with Gasteiger partial charge in [-0.15, -0.1) is 0 Å². The Labute approximate surface area is 162 Å². The largest absolute Gasteiger partial charge is 0.493 e. The maximum atomic E-state index is 12.9. The number of nitrogens with zero attached hydrogens (tertiary/aromatic N) is 1. The van der Waals surface area contributed by atoms with E-state index >= 15 is 0 Å². The van der Waals surface area contributed by atoms with E-state index in [0.717, 1.165) is 11.3 Å². The minimum Gasteiger partial charge on any atom is -0.493 e. The molecule has 0 aromatic heterocycles. The number of rotatable bonds is 2. The normalized spacial score (nSPS) is 19.1. The van der Waals surface area contributed by atoms with E-state index in [1.165, 1.54) is 0 Å². The average Bonchev–Trinajstić information content (AvgIpc) is 3.21. The van der Waals surface area contributed by atoms with Crippen molar-refractivity contribution in [3.05, 3.63) is 47.5 Å². The predicted molar refractivity (Wildman–Crippen MR) is 98.8 cm³/mol. The topological polar surface area (TPSA) is 66.5 Å². The lowest BCUT2D eigenvalue weighted by Gasteiger charge is -2.44. The molecule has 0 bridgehead atoms. The Bertz CT molecular complexity index is 905. The Morgan fingerprint density at radius 3 is 2.75 bits per heavy atom. The van der Waals surface area contributed by atoms with Gasteiger partial charge in [0.15, 0.2) is 23.0 Å². The van der Waals surface area contributed by atoms with Crippen LogP contribution in [0, 0.1) is 0 Å². The number of amides is 1. The second kappa shape index (κ2) is 6.60. The molecule has 1 amide bonds. The molecule has 0 N–H and O–H groups in total. The molecule has 2 aromatic carbocycles. The summed E-state index contributed by atoms with van der Waals surface area (Å²) in [7, 11) is 1.63. The van der Waals surface area contributed by atoms with Crippen molar-refractivity contribution < 1.29 is 28.5 Å². The summed E-state index contributed by atoms with van der Waals surface area (Å²) in [6.07, 6.45) is 1.20. The highest BCUT2D eigenvalue weighted by molar-refractivity contribution is 5.95. The molecule has 0 saturated carbocycles. The molecule has 3 heterocycles. The summed E-state index contributed by atoms with van der Waals surface area (Å²) in [5.41, 5.74) is 1.57. The molecule has 2 aromatic rings. The van der Waals surface area contributed by atoms with Crippen molar-refractivity contribution in [2.24, 2.45) is 0 Å². The van der Waals surface area contributed by atoms with E-state index in [1.54, 1.807) is 25.3 Å². The minimum absolute atomic E-state index is 0.0260. The van der Waals surface area contributed by atoms with Crippen LogP contribution >= 0.6 is 0 Å². The summed E-state index contributed by atoms with van der Waals surface area (Å²) in [4.78, 5) is 14.7. The van der Waals surface area contributed by atoms with Gasteiger partial charge in [0.2, 0.25) is 12.6 Å². The minimum atomic E-state index is -0.715. The first-order valence-corrected chi connectivity index (χ1v) is 9.35. The van der Waals surface area contributed by atoms with Gasteiger partial charge < -0.3 is 28.6 Å². The maximum absolute atomic E-state index is 12.9. The number of carbonyl (C=O) groups is 1. The third-order valence-electron chi connectivity index (χ3n) is 5.49.